The van der Waals surface area contributed by atoms with Crippen molar-refractivity contribution in [1.82, 2.24) is 0 Å². The number of phosphoric acid groups is 1. The van der Waals surface area contributed by atoms with E-state index in [0.29, 0.717) is 15.1 Å². The van der Waals surface area contributed by atoms with Gasteiger partial charge in [0, 0.05) is 0 Å². The van der Waals surface area contributed by atoms with E-state index in [-0.39, 0.29) is 0 Å². The average molecular weight is 568 g/mol. The SMILES string of the molecule is O=P1(OI(O)c2ccccc2)Oc2ccc3ccccc3c2-c2c(ccc3ccccc23)O1. The number of hydrogen-bond acceptors (Lipinski definition) is 5. The Labute approximate surface area is 198 Å². The third-order valence-electron chi connectivity index (χ3n) is 5.52. The summed E-state index contributed by atoms with van der Waals surface area (Å²) in [5.74, 6) is 0.786. The topological polar surface area (TPSA) is 65.0 Å². The first-order valence-corrected chi connectivity index (χ1v) is 14.7. The molecule has 0 radical (unpaired) electrons. The Kier molecular flexibility index (Phi) is 5.11. The monoisotopic (exact) mass is 568 g/mol. The van der Waals surface area contributed by atoms with E-state index in [0.717, 1.165) is 32.7 Å². The van der Waals surface area contributed by atoms with Crippen LogP contribution in [0.15, 0.2) is 103 Å². The fraction of sp³-hybridized carbons (Fsp3) is 0. The number of benzene rings is 5. The van der Waals surface area contributed by atoms with E-state index in [1.807, 2.05) is 66.7 Å². The molecule has 0 bridgehead atoms. The zero-order valence-electron chi connectivity index (χ0n) is 17.2. The van der Waals surface area contributed by atoms with Crippen LogP contribution in [0.2, 0.25) is 0 Å². The molecule has 0 aliphatic carbocycles. The van der Waals surface area contributed by atoms with E-state index < -0.39 is 28.5 Å². The van der Waals surface area contributed by atoms with Gasteiger partial charge in [0.25, 0.3) is 0 Å². The fourth-order valence-corrected chi connectivity index (χ4v) is 8.79. The first-order valence-electron chi connectivity index (χ1n) is 10.3. The van der Waals surface area contributed by atoms with Gasteiger partial charge in [0.1, 0.15) is 0 Å². The molecule has 5 aromatic rings. The first kappa shape index (κ1) is 20.7. The Morgan fingerprint density at radius 1 is 0.636 bits per heavy atom. The number of rotatable bonds is 3. The fourth-order valence-electron chi connectivity index (χ4n) is 4.10. The molecule has 6 rings (SSSR count). The molecule has 5 aromatic carbocycles. The standard InChI is InChI=1S/C26H18IO5P/c28-27(20-10-2-1-3-11-20)32-33(29)30-23-16-14-18-8-4-6-12-21(18)25(23)26-22-13-7-5-9-19(22)15-17-24(26)31-33/h1-17,28H. The molecule has 0 atom stereocenters. The Hall–Kier alpha value is -2.90. The van der Waals surface area contributed by atoms with Gasteiger partial charge in [-0.2, -0.15) is 0 Å². The van der Waals surface area contributed by atoms with Crippen molar-refractivity contribution < 1.29 is 19.9 Å². The van der Waals surface area contributed by atoms with Crippen LogP contribution in [0.1, 0.15) is 0 Å². The van der Waals surface area contributed by atoms with Crippen LogP contribution < -0.4 is 9.05 Å². The molecule has 1 heterocycles. The predicted molar refractivity (Wildman–Crippen MR) is 138 cm³/mol. The molecule has 5 nitrogen and oxygen atoms in total. The van der Waals surface area contributed by atoms with Crippen molar-refractivity contribution in [2.45, 2.75) is 0 Å². The summed E-state index contributed by atoms with van der Waals surface area (Å²) in [6.45, 7) is 0. The van der Waals surface area contributed by atoms with Gasteiger partial charge < -0.3 is 0 Å². The quantitative estimate of drug-likeness (QED) is 0.178. The Bertz CT molecular complexity index is 1460. The molecule has 1 N–H and O–H groups in total. The summed E-state index contributed by atoms with van der Waals surface area (Å²) >= 11 is -3.26. The molecule has 0 unspecified atom stereocenters. The van der Waals surface area contributed by atoms with Crippen molar-refractivity contribution in [3.63, 3.8) is 0 Å². The zero-order valence-corrected chi connectivity index (χ0v) is 20.3. The van der Waals surface area contributed by atoms with Crippen LogP contribution in [0.3, 0.4) is 0 Å². The van der Waals surface area contributed by atoms with Gasteiger partial charge in [-0.25, -0.2) is 0 Å². The van der Waals surface area contributed by atoms with E-state index in [1.54, 1.807) is 36.4 Å². The molecule has 0 saturated carbocycles. The summed E-state index contributed by atoms with van der Waals surface area (Å²) < 4.78 is 42.9. The summed E-state index contributed by atoms with van der Waals surface area (Å²) in [5, 5.41) is 3.95. The van der Waals surface area contributed by atoms with E-state index in [4.69, 9.17) is 11.9 Å². The molecule has 1 aliphatic rings. The van der Waals surface area contributed by atoms with Crippen LogP contribution in [0.5, 0.6) is 11.5 Å². The number of hydrogen-bond donors (Lipinski definition) is 1. The Morgan fingerprint density at radius 2 is 1.12 bits per heavy atom. The maximum atomic E-state index is 13.8. The van der Waals surface area contributed by atoms with E-state index in [9.17, 15) is 8.00 Å². The van der Waals surface area contributed by atoms with Gasteiger partial charge in [-0.15, -0.1) is 0 Å². The normalized spacial score (nSPS) is 14.5. The molecule has 0 aromatic heterocycles. The molecular formula is C26H18IO5P. The second-order valence-electron chi connectivity index (χ2n) is 7.54. The van der Waals surface area contributed by atoms with Crippen LogP contribution in [0.4, 0.5) is 0 Å². The number of phosphoric ester groups is 1. The van der Waals surface area contributed by atoms with Gasteiger partial charge in [0.2, 0.25) is 0 Å². The van der Waals surface area contributed by atoms with Gasteiger partial charge >= 0.3 is 199 Å². The minimum atomic E-state index is -4.18. The maximum absolute atomic E-state index is 13.8. The summed E-state index contributed by atoms with van der Waals surface area (Å²) in [6, 6.07) is 32.3. The van der Waals surface area contributed by atoms with Crippen molar-refractivity contribution in [3.05, 3.63) is 107 Å². The van der Waals surface area contributed by atoms with Gasteiger partial charge in [0.15, 0.2) is 0 Å². The molecule has 0 fully saturated rings. The second kappa shape index (κ2) is 8.15. The van der Waals surface area contributed by atoms with Crippen molar-refractivity contribution in [3.8, 4) is 22.6 Å². The summed E-state index contributed by atoms with van der Waals surface area (Å²) in [5.41, 5.74) is 1.58. The van der Waals surface area contributed by atoms with Gasteiger partial charge in [-0.3, -0.25) is 0 Å². The molecule has 0 amide bonds. The molecular weight excluding hydrogens is 550 g/mol. The molecule has 33 heavy (non-hydrogen) atoms. The van der Waals surface area contributed by atoms with Crippen LogP contribution in [-0.2, 0) is 7.42 Å². The summed E-state index contributed by atoms with van der Waals surface area (Å²) in [4.78, 5) is 0. The van der Waals surface area contributed by atoms with Crippen LogP contribution in [-0.4, -0.2) is 3.44 Å². The molecule has 164 valence electrons. The third kappa shape index (κ3) is 3.69. The van der Waals surface area contributed by atoms with Gasteiger partial charge in [-0.1, -0.05) is 0 Å². The van der Waals surface area contributed by atoms with E-state index >= 15 is 0 Å². The molecule has 0 spiro atoms. The zero-order chi connectivity index (χ0) is 22.4. The van der Waals surface area contributed by atoms with Crippen molar-refractivity contribution in [1.29, 1.82) is 0 Å². The van der Waals surface area contributed by atoms with Crippen LogP contribution in [0.25, 0.3) is 32.7 Å². The minimum absolute atomic E-state index is 0.393. The van der Waals surface area contributed by atoms with Crippen molar-refractivity contribution in [2.75, 3.05) is 0 Å². The summed E-state index contributed by atoms with van der Waals surface area (Å²) in [6.07, 6.45) is 0. The second-order valence-corrected chi connectivity index (χ2v) is 12.7. The summed E-state index contributed by atoms with van der Waals surface area (Å²) in [7, 11) is -4.18. The first-order chi connectivity index (χ1) is 16.1. The third-order valence-corrected chi connectivity index (χ3v) is 11.0. The molecule has 7 heteroatoms. The van der Waals surface area contributed by atoms with Crippen LogP contribution >= 0.6 is 28.5 Å². The van der Waals surface area contributed by atoms with Crippen molar-refractivity contribution in [2.24, 2.45) is 0 Å². The predicted octanol–water partition coefficient (Wildman–Crippen LogP) is 7.75. The van der Waals surface area contributed by atoms with Gasteiger partial charge in [-0.05, 0) is 0 Å². The van der Waals surface area contributed by atoms with Crippen molar-refractivity contribution >= 4 is 50.0 Å². The van der Waals surface area contributed by atoms with E-state index in [1.165, 1.54) is 0 Å². The Morgan fingerprint density at radius 3 is 1.67 bits per heavy atom. The average Bonchev–Trinajstić information content (AvgIpc) is 2.98. The van der Waals surface area contributed by atoms with Crippen LogP contribution in [0, 0.1) is 3.57 Å². The number of fused-ring (bicyclic) bond motifs is 7. The van der Waals surface area contributed by atoms with E-state index in [2.05, 4.69) is 0 Å². The van der Waals surface area contributed by atoms with Gasteiger partial charge in [0.05, 0.1) is 0 Å². The number of halogens is 1. The molecule has 0 saturated heterocycles. The molecule has 1 aliphatic heterocycles. The Balaban J connectivity index is 1.58.